The van der Waals surface area contributed by atoms with E-state index in [1.807, 2.05) is 32.2 Å². The summed E-state index contributed by atoms with van der Waals surface area (Å²) in [4.78, 5) is 14.4. The molecule has 2 aromatic rings. The van der Waals surface area contributed by atoms with Gasteiger partial charge in [-0.05, 0) is 49.4 Å². The number of aryl methyl sites for hydroxylation is 1. The molecule has 0 unspecified atom stereocenters. The molecule has 1 N–H and O–H groups in total. The van der Waals surface area contributed by atoms with Crippen LogP contribution in [0.15, 0.2) is 53.4 Å². The van der Waals surface area contributed by atoms with E-state index in [0.29, 0.717) is 25.4 Å². The third-order valence-electron chi connectivity index (χ3n) is 4.87. The Balaban J connectivity index is 1.50. The van der Waals surface area contributed by atoms with Crippen molar-refractivity contribution in [3.05, 3.63) is 59.7 Å². The summed E-state index contributed by atoms with van der Waals surface area (Å²) in [5.41, 5.74) is 1.89. The molecular formula is C21H27N3O4S. The van der Waals surface area contributed by atoms with Crippen LogP contribution in [0.3, 0.4) is 0 Å². The molecule has 8 heteroatoms. The van der Waals surface area contributed by atoms with Gasteiger partial charge in [-0.2, -0.15) is 4.31 Å². The van der Waals surface area contributed by atoms with Crippen molar-refractivity contribution in [3.8, 4) is 5.75 Å². The number of likely N-dealkylation sites (N-methyl/N-ethyl adjacent to an activating group) is 1. The van der Waals surface area contributed by atoms with E-state index in [-0.39, 0.29) is 17.4 Å². The molecular weight excluding hydrogens is 390 g/mol. The number of amides is 1. The van der Waals surface area contributed by atoms with E-state index in [1.165, 1.54) is 4.31 Å². The maximum atomic E-state index is 12.7. The molecule has 0 spiro atoms. The maximum absolute atomic E-state index is 12.7. The molecule has 1 aliphatic heterocycles. The molecule has 0 atom stereocenters. The first kappa shape index (κ1) is 21.3. The summed E-state index contributed by atoms with van der Waals surface area (Å²) in [5.74, 6) is 0.416. The maximum Gasteiger partial charge on any atom is 0.258 e. The van der Waals surface area contributed by atoms with Crippen LogP contribution in [0.4, 0.5) is 0 Å². The zero-order chi connectivity index (χ0) is 20.9. The van der Waals surface area contributed by atoms with Crippen molar-refractivity contribution in [3.63, 3.8) is 0 Å². The van der Waals surface area contributed by atoms with Crippen molar-refractivity contribution in [2.24, 2.45) is 0 Å². The van der Waals surface area contributed by atoms with Crippen LogP contribution in [-0.2, 0) is 21.4 Å². The van der Waals surface area contributed by atoms with E-state index in [9.17, 15) is 13.2 Å². The lowest BCUT2D eigenvalue weighted by Gasteiger charge is -2.31. The van der Waals surface area contributed by atoms with Gasteiger partial charge in [0.05, 0.1) is 4.90 Å². The third-order valence-corrected chi connectivity index (χ3v) is 6.79. The van der Waals surface area contributed by atoms with Crippen molar-refractivity contribution >= 4 is 15.9 Å². The van der Waals surface area contributed by atoms with Crippen molar-refractivity contribution < 1.29 is 17.9 Å². The van der Waals surface area contributed by atoms with Crippen LogP contribution in [0.1, 0.15) is 11.1 Å². The highest BCUT2D eigenvalue weighted by molar-refractivity contribution is 7.89. The van der Waals surface area contributed by atoms with Crippen LogP contribution >= 0.6 is 0 Å². The molecule has 7 nitrogen and oxygen atoms in total. The van der Waals surface area contributed by atoms with E-state index in [4.69, 9.17) is 4.74 Å². The predicted molar refractivity (Wildman–Crippen MR) is 111 cm³/mol. The molecule has 3 rings (SSSR count). The molecule has 0 aromatic heterocycles. The molecule has 1 saturated heterocycles. The molecule has 2 aromatic carbocycles. The Morgan fingerprint density at radius 1 is 1.07 bits per heavy atom. The lowest BCUT2D eigenvalue weighted by molar-refractivity contribution is -0.123. The van der Waals surface area contributed by atoms with Gasteiger partial charge >= 0.3 is 0 Å². The largest absolute Gasteiger partial charge is 0.484 e. The van der Waals surface area contributed by atoms with Crippen molar-refractivity contribution in [1.29, 1.82) is 0 Å². The van der Waals surface area contributed by atoms with Crippen LogP contribution in [0.5, 0.6) is 5.75 Å². The minimum atomic E-state index is -3.48. The van der Waals surface area contributed by atoms with Gasteiger partial charge in [0.1, 0.15) is 5.75 Å². The predicted octanol–water partition coefficient (Wildman–Crippen LogP) is 1.63. The van der Waals surface area contributed by atoms with E-state index in [2.05, 4.69) is 10.2 Å². The van der Waals surface area contributed by atoms with Gasteiger partial charge in [0.25, 0.3) is 5.91 Å². The number of nitrogens with one attached hydrogen (secondary N) is 1. The number of ether oxygens (including phenoxy) is 1. The number of hydrogen-bond donors (Lipinski definition) is 1. The van der Waals surface area contributed by atoms with Gasteiger partial charge in [-0.15, -0.1) is 0 Å². The highest BCUT2D eigenvalue weighted by Crippen LogP contribution is 2.18. The molecule has 1 amide bonds. The van der Waals surface area contributed by atoms with Crippen molar-refractivity contribution in [1.82, 2.24) is 14.5 Å². The molecule has 156 valence electrons. The third kappa shape index (κ3) is 5.79. The van der Waals surface area contributed by atoms with Crippen LogP contribution in [0.25, 0.3) is 0 Å². The van der Waals surface area contributed by atoms with Gasteiger partial charge in [-0.3, -0.25) is 4.79 Å². The van der Waals surface area contributed by atoms with Crippen LogP contribution in [0.2, 0.25) is 0 Å². The summed E-state index contributed by atoms with van der Waals surface area (Å²) in [6.07, 6.45) is 0. The number of benzene rings is 2. The van der Waals surface area contributed by atoms with Crippen LogP contribution < -0.4 is 10.1 Å². The summed E-state index contributed by atoms with van der Waals surface area (Å²) >= 11 is 0. The van der Waals surface area contributed by atoms with Crippen LogP contribution in [-0.4, -0.2) is 63.4 Å². The minimum Gasteiger partial charge on any atom is -0.484 e. The van der Waals surface area contributed by atoms with Crippen molar-refractivity contribution in [2.75, 3.05) is 39.8 Å². The zero-order valence-corrected chi connectivity index (χ0v) is 17.6. The monoisotopic (exact) mass is 417 g/mol. The number of rotatable bonds is 7. The zero-order valence-electron chi connectivity index (χ0n) is 16.8. The fraction of sp³-hybridized carbons (Fsp3) is 0.381. The quantitative estimate of drug-likeness (QED) is 0.741. The van der Waals surface area contributed by atoms with Gasteiger partial charge in [-0.1, -0.05) is 24.3 Å². The molecule has 0 radical (unpaired) electrons. The molecule has 1 fully saturated rings. The molecule has 0 saturated carbocycles. The number of carbonyl (C=O) groups is 1. The second-order valence-corrected chi connectivity index (χ2v) is 9.17. The highest BCUT2D eigenvalue weighted by atomic mass is 32.2. The van der Waals surface area contributed by atoms with Gasteiger partial charge in [0.15, 0.2) is 6.61 Å². The lowest BCUT2D eigenvalue weighted by atomic mass is 10.2. The summed E-state index contributed by atoms with van der Waals surface area (Å²) in [5, 5.41) is 2.78. The van der Waals surface area contributed by atoms with E-state index in [0.717, 1.165) is 24.2 Å². The first-order chi connectivity index (χ1) is 13.8. The average molecular weight is 418 g/mol. The van der Waals surface area contributed by atoms with E-state index in [1.54, 1.807) is 30.3 Å². The molecule has 0 bridgehead atoms. The Kier molecular flexibility index (Phi) is 6.89. The first-order valence-electron chi connectivity index (χ1n) is 9.58. The first-order valence-corrected chi connectivity index (χ1v) is 11.0. The fourth-order valence-electron chi connectivity index (χ4n) is 3.06. The minimum absolute atomic E-state index is 0.0701. The smallest absolute Gasteiger partial charge is 0.258 e. The van der Waals surface area contributed by atoms with Gasteiger partial charge in [0.2, 0.25) is 10.0 Å². The summed E-state index contributed by atoms with van der Waals surface area (Å²) in [6.45, 7) is 4.65. The Hall–Kier alpha value is -2.42. The van der Waals surface area contributed by atoms with E-state index < -0.39 is 10.0 Å². The standard InChI is InChI=1S/C21H27N3O4S/c1-17-4-3-5-19(14-17)28-16-21(25)22-15-18-6-8-20(9-7-18)29(26,27)24-12-10-23(2)11-13-24/h3-9,14H,10-13,15-16H2,1-2H3,(H,22,25). The Morgan fingerprint density at radius 3 is 2.41 bits per heavy atom. The topological polar surface area (TPSA) is 78.9 Å². The molecule has 0 aliphatic carbocycles. The number of carbonyl (C=O) groups excluding carboxylic acids is 1. The van der Waals surface area contributed by atoms with E-state index >= 15 is 0 Å². The summed E-state index contributed by atoms with van der Waals surface area (Å²) < 4.78 is 32.5. The number of nitrogens with zero attached hydrogens (tertiary/aromatic N) is 2. The molecule has 29 heavy (non-hydrogen) atoms. The van der Waals surface area contributed by atoms with Gasteiger partial charge in [-0.25, -0.2) is 8.42 Å². The Bertz CT molecular complexity index is 937. The normalized spacial score (nSPS) is 15.8. The lowest BCUT2D eigenvalue weighted by Crippen LogP contribution is -2.47. The average Bonchev–Trinajstić information content (AvgIpc) is 2.71. The second-order valence-electron chi connectivity index (χ2n) is 7.23. The molecule has 1 heterocycles. The van der Waals surface area contributed by atoms with Crippen molar-refractivity contribution in [2.45, 2.75) is 18.4 Å². The Labute approximate surface area is 172 Å². The summed E-state index contributed by atoms with van der Waals surface area (Å²) in [7, 11) is -1.49. The highest BCUT2D eigenvalue weighted by Gasteiger charge is 2.27. The fourth-order valence-corrected chi connectivity index (χ4v) is 4.48. The Morgan fingerprint density at radius 2 is 1.76 bits per heavy atom. The summed E-state index contributed by atoms with van der Waals surface area (Å²) in [6, 6.07) is 14.2. The SMILES string of the molecule is Cc1cccc(OCC(=O)NCc2ccc(S(=O)(=O)N3CCN(C)CC3)cc2)c1. The van der Waals surface area contributed by atoms with Crippen LogP contribution in [0, 0.1) is 6.92 Å². The van der Waals surface area contributed by atoms with Gasteiger partial charge < -0.3 is 15.0 Å². The number of sulfonamides is 1. The number of hydrogen-bond acceptors (Lipinski definition) is 5. The second kappa shape index (κ2) is 9.39. The molecule has 1 aliphatic rings. The van der Waals surface area contributed by atoms with Gasteiger partial charge in [0, 0.05) is 32.7 Å². The number of piperazine rings is 1.